The van der Waals surface area contributed by atoms with Crippen molar-refractivity contribution in [1.29, 1.82) is 5.41 Å². The molecule has 2 N–H and O–H groups in total. The van der Waals surface area contributed by atoms with Crippen LogP contribution in [0.2, 0.25) is 0 Å². The highest BCUT2D eigenvalue weighted by atomic mass is 19.1. The second-order valence-electron chi connectivity index (χ2n) is 4.28. The summed E-state index contributed by atoms with van der Waals surface area (Å²) in [5.41, 5.74) is 1.95. The monoisotopic (exact) mass is 244 g/mol. The molecule has 2 aromatic rings. The molecule has 0 amide bonds. The third-order valence-corrected chi connectivity index (χ3v) is 3.09. The fraction of sp³-hybridized carbons (Fsp3) is 0.231. The summed E-state index contributed by atoms with van der Waals surface area (Å²) >= 11 is 0. The Hall–Kier alpha value is -2.17. The van der Waals surface area contributed by atoms with E-state index in [0.29, 0.717) is 5.49 Å². The van der Waals surface area contributed by atoms with Gasteiger partial charge in [-0.15, -0.1) is 0 Å². The van der Waals surface area contributed by atoms with Crippen LogP contribution in [0.15, 0.2) is 30.5 Å². The maximum atomic E-state index is 12.9. The van der Waals surface area contributed by atoms with E-state index in [4.69, 9.17) is 5.41 Å². The molecule has 0 saturated carbocycles. The summed E-state index contributed by atoms with van der Waals surface area (Å²) < 4.78 is 14.7. The highest BCUT2D eigenvalue weighted by molar-refractivity contribution is 5.61. The van der Waals surface area contributed by atoms with Gasteiger partial charge in [0.15, 0.2) is 0 Å². The third-order valence-electron chi connectivity index (χ3n) is 3.09. The van der Waals surface area contributed by atoms with Crippen molar-refractivity contribution in [3.05, 3.63) is 41.8 Å². The topological polar surface area (TPSA) is 53.7 Å². The first-order valence-corrected chi connectivity index (χ1v) is 5.90. The average Bonchev–Trinajstić information content (AvgIpc) is 2.41. The van der Waals surface area contributed by atoms with Gasteiger partial charge in [-0.25, -0.2) is 9.37 Å². The quantitative estimate of drug-likeness (QED) is 0.806. The van der Waals surface area contributed by atoms with Gasteiger partial charge in [-0.1, -0.05) is 12.1 Å². The Bertz CT molecular complexity index is 630. The molecule has 1 aromatic heterocycles. The van der Waals surface area contributed by atoms with Gasteiger partial charge >= 0.3 is 0 Å². The van der Waals surface area contributed by atoms with Crippen molar-refractivity contribution >= 4 is 5.95 Å². The van der Waals surface area contributed by atoms with Gasteiger partial charge < -0.3 is 5.32 Å². The Balaban J connectivity index is 2.13. The van der Waals surface area contributed by atoms with E-state index < -0.39 is 0 Å². The molecule has 0 saturated heterocycles. The summed E-state index contributed by atoms with van der Waals surface area (Å²) in [6, 6.07) is 6.15. The normalized spacial score (nSPS) is 13.8. The molecule has 1 aromatic carbocycles. The maximum absolute atomic E-state index is 12.9. The third kappa shape index (κ3) is 1.77. The lowest BCUT2D eigenvalue weighted by atomic mass is 10.1. The van der Waals surface area contributed by atoms with Gasteiger partial charge in [0.25, 0.3) is 0 Å². The Morgan fingerprint density at radius 3 is 2.83 bits per heavy atom. The van der Waals surface area contributed by atoms with E-state index in [1.54, 1.807) is 18.3 Å². The fourth-order valence-corrected chi connectivity index (χ4v) is 2.14. The first kappa shape index (κ1) is 11.0. The van der Waals surface area contributed by atoms with E-state index in [1.165, 1.54) is 12.1 Å². The summed E-state index contributed by atoms with van der Waals surface area (Å²) in [5, 5.41) is 11.4. The van der Waals surface area contributed by atoms with Crippen molar-refractivity contribution < 1.29 is 4.39 Å². The van der Waals surface area contributed by atoms with E-state index in [-0.39, 0.29) is 5.82 Å². The molecule has 4 nitrogen and oxygen atoms in total. The molecule has 0 unspecified atom stereocenters. The van der Waals surface area contributed by atoms with Gasteiger partial charge in [0, 0.05) is 24.8 Å². The molecular weight excluding hydrogens is 231 g/mol. The average molecular weight is 244 g/mol. The standard InChI is InChI=1S/C13H13FN4/c14-10-4-2-9(3-5-10)11-8-17-13-16-6-1-7-18(13)12(11)15/h2-5,8,15H,1,6-7H2,(H,16,17). The molecule has 0 radical (unpaired) electrons. The van der Waals surface area contributed by atoms with Crippen LogP contribution in [-0.2, 0) is 6.54 Å². The number of rotatable bonds is 1. The zero-order valence-electron chi connectivity index (χ0n) is 9.78. The van der Waals surface area contributed by atoms with E-state index in [9.17, 15) is 4.39 Å². The molecule has 0 fully saturated rings. The highest BCUT2D eigenvalue weighted by Crippen LogP contribution is 2.17. The molecule has 3 rings (SSSR count). The van der Waals surface area contributed by atoms with Crippen molar-refractivity contribution in [2.45, 2.75) is 13.0 Å². The van der Waals surface area contributed by atoms with Crippen LogP contribution in [0.4, 0.5) is 10.3 Å². The number of benzene rings is 1. The number of halogens is 1. The Morgan fingerprint density at radius 2 is 2.06 bits per heavy atom. The zero-order valence-corrected chi connectivity index (χ0v) is 9.78. The second kappa shape index (κ2) is 4.25. The summed E-state index contributed by atoms with van der Waals surface area (Å²) in [6.07, 6.45) is 2.65. The Morgan fingerprint density at radius 1 is 1.28 bits per heavy atom. The maximum Gasteiger partial charge on any atom is 0.204 e. The fourth-order valence-electron chi connectivity index (χ4n) is 2.14. The molecule has 0 spiro atoms. The van der Waals surface area contributed by atoms with Gasteiger partial charge in [-0.3, -0.25) is 9.98 Å². The predicted octanol–water partition coefficient (Wildman–Crippen LogP) is 1.98. The van der Waals surface area contributed by atoms with Gasteiger partial charge in [0.05, 0.1) is 0 Å². The molecular formula is C13H13FN4. The molecule has 1 aliphatic heterocycles. The lowest BCUT2D eigenvalue weighted by Gasteiger charge is -2.20. The van der Waals surface area contributed by atoms with Crippen molar-refractivity contribution in [2.24, 2.45) is 0 Å². The van der Waals surface area contributed by atoms with Crippen LogP contribution in [-0.4, -0.2) is 16.1 Å². The van der Waals surface area contributed by atoms with E-state index in [1.807, 2.05) is 4.57 Å². The molecule has 0 aliphatic carbocycles. The minimum Gasteiger partial charge on any atom is -0.356 e. The van der Waals surface area contributed by atoms with Crippen LogP contribution in [0, 0.1) is 11.2 Å². The summed E-state index contributed by atoms with van der Waals surface area (Å²) in [5.74, 6) is 0.461. The van der Waals surface area contributed by atoms with Gasteiger partial charge in [-0.05, 0) is 24.1 Å². The number of nitrogens with one attached hydrogen (secondary N) is 2. The van der Waals surface area contributed by atoms with Crippen molar-refractivity contribution in [3.63, 3.8) is 0 Å². The SMILES string of the molecule is N=c1c(-c2ccc(F)cc2)cnc2n1CCCN2. The van der Waals surface area contributed by atoms with Gasteiger partial charge in [0.1, 0.15) is 11.3 Å². The first-order chi connectivity index (χ1) is 8.75. The molecule has 92 valence electrons. The number of nitrogens with zero attached hydrogens (tertiary/aromatic N) is 2. The molecule has 18 heavy (non-hydrogen) atoms. The van der Waals surface area contributed by atoms with Crippen LogP contribution >= 0.6 is 0 Å². The number of hydrogen-bond acceptors (Lipinski definition) is 3. The van der Waals surface area contributed by atoms with Crippen LogP contribution < -0.4 is 10.8 Å². The Labute approximate surface area is 104 Å². The van der Waals surface area contributed by atoms with Crippen LogP contribution in [0.1, 0.15) is 6.42 Å². The van der Waals surface area contributed by atoms with Gasteiger partial charge in [0.2, 0.25) is 5.95 Å². The highest BCUT2D eigenvalue weighted by Gasteiger charge is 2.12. The lowest BCUT2D eigenvalue weighted by Crippen LogP contribution is -2.30. The minimum atomic E-state index is -0.273. The number of hydrogen-bond donors (Lipinski definition) is 2. The summed E-state index contributed by atoms with van der Waals surface area (Å²) in [4.78, 5) is 4.32. The summed E-state index contributed by atoms with van der Waals surface area (Å²) in [7, 11) is 0. The number of aromatic nitrogens is 2. The van der Waals surface area contributed by atoms with E-state index in [0.717, 1.165) is 36.6 Å². The van der Waals surface area contributed by atoms with Crippen LogP contribution in [0.25, 0.3) is 11.1 Å². The van der Waals surface area contributed by atoms with E-state index in [2.05, 4.69) is 10.3 Å². The molecule has 0 bridgehead atoms. The predicted molar refractivity (Wildman–Crippen MR) is 66.6 cm³/mol. The van der Waals surface area contributed by atoms with Crippen LogP contribution in [0.5, 0.6) is 0 Å². The molecule has 0 atom stereocenters. The smallest absolute Gasteiger partial charge is 0.204 e. The number of anilines is 1. The van der Waals surface area contributed by atoms with Crippen molar-refractivity contribution in [2.75, 3.05) is 11.9 Å². The Kier molecular flexibility index (Phi) is 2.59. The van der Waals surface area contributed by atoms with E-state index >= 15 is 0 Å². The molecule has 2 heterocycles. The largest absolute Gasteiger partial charge is 0.356 e. The molecule has 5 heteroatoms. The lowest BCUT2D eigenvalue weighted by molar-refractivity contribution is 0.585. The zero-order chi connectivity index (χ0) is 12.5. The number of fused-ring (bicyclic) bond motifs is 1. The van der Waals surface area contributed by atoms with Gasteiger partial charge in [-0.2, -0.15) is 0 Å². The minimum absolute atomic E-state index is 0.273. The van der Waals surface area contributed by atoms with Crippen molar-refractivity contribution in [1.82, 2.24) is 9.55 Å². The van der Waals surface area contributed by atoms with Crippen LogP contribution in [0.3, 0.4) is 0 Å². The first-order valence-electron chi connectivity index (χ1n) is 5.90. The molecule has 1 aliphatic rings. The van der Waals surface area contributed by atoms with Crippen molar-refractivity contribution in [3.8, 4) is 11.1 Å². The second-order valence-corrected chi connectivity index (χ2v) is 4.28. The summed E-state index contributed by atoms with van der Waals surface area (Å²) in [6.45, 7) is 1.69.